The molecule has 1 aliphatic carbocycles. The number of nitrogens with zero attached hydrogens (tertiary/aromatic N) is 1. The largest absolute Gasteiger partial charge is 0.494 e. The normalized spacial score (nSPS) is 29.8. The molecule has 1 atom stereocenters. The Kier molecular flexibility index (Phi) is 5.95. The zero-order valence-corrected chi connectivity index (χ0v) is 14.9. The fourth-order valence-corrected chi connectivity index (χ4v) is 3.73. The molecule has 1 saturated heterocycles. The molecule has 0 radical (unpaired) electrons. The Labute approximate surface area is 145 Å². The Morgan fingerprint density at radius 2 is 2.17 bits per heavy atom. The van der Waals surface area contributed by atoms with Crippen LogP contribution in [0.15, 0.2) is 18.5 Å². The standard InChI is InChI=1S/C19H30N2O3/c1-3-4-5-6-16-14-23-19(24-16)10-7-15(8-11-19)21-17-13-20-12-9-18(17)22-2/h9,12-13,15-16,21H,3-8,10-11,14H2,1-2H3. The molecule has 1 saturated carbocycles. The summed E-state index contributed by atoms with van der Waals surface area (Å²) in [4.78, 5) is 4.18. The van der Waals surface area contributed by atoms with Crippen LogP contribution in [0.5, 0.6) is 5.75 Å². The highest BCUT2D eigenvalue weighted by Gasteiger charge is 2.43. The lowest BCUT2D eigenvalue weighted by atomic mass is 9.90. The first kappa shape index (κ1) is 17.5. The first-order valence-electron chi connectivity index (χ1n) is 9.31. The number of ether oxygens (including phenoxy) is 3. The number of pyridine rings is 1. The van der Waals surface area contributed by atoms with Gasteiger partial charge in [0, 0.05) is 31.1 Å². The molecule has 1 aromatic heterocycles. The number of anilines is 1. The Hall–Kier alpha value is -1.33. The van der Waals surface area contributed by atoms with Gasteiger partial charge in [-0.25, -0.2) is 0 Å². The van der Waals surface area contributed by atoms with Gasteiger partial charge in [-0.05, 0) is 19.3 Å². The van der Waals surface area contributed by atoms with Crippen molar-refractivity contribution < 1.29 is 14.2 Å². The molecule has 2 aliphatic rings. The van der Waals surface area contributed by atoms with E-state index >= 15 is 0 Å². The highest BCUT2D eigenvalue weighted by Crippen LogP contribution is 2.40. The molecule has 2 heterocycles. The molecular formula is C19H30N2O3. The van der Waals surface area contributed by atoms with E-state index in [1.54, 1.807) is 13.3 Å². The van der Waals surface area contributed by atoms with Crippen molar-refractivity contribution in [1.29, 1.82) is 0 Å². The van der Waals surface area contributed by atoms with Crippen LogP contribution in [-0.4, -0.2) is 36.6 Å². The highest BCUT2D eigenvalue weighted by molar-refractivity contribution is 5.54. The molecular weight excluding hydrogens is 304 g/mol. The number of methoxy groups -OCH3 is 1. The van der Waals surface area contributed by atoms with E-state index in [1.807, 2.05) is 12.3 Å². The van der Waals surface area contributed by atoms with Gasteiger partial charge in [-0.15, -0.1) is 0 Å². The molecule has 134 valence electrons. The van der Waals surface area contributed by atoms with Crippen molar-refractivity contribution in [1.82, 2.24) is 4.98 Å². The third-order valence-corrected chi connectivity index (χ3v) is 5.15. The molecule has 1 aromatic rings. The molecule has 0 aromatic carbocycles. The van der Waals surface area contributed by atoms with E-state index in [-0.39, 0.29) is 5.79 Å². The summed E-state index contributed by atoms with van der Waals surface area (Å²) in [5.74, 6) is 0.517. The molecule has 1 aliphatic heterocycles. The van der Waals surface area contributed by atoms with Gasteiger partial charge in [-0.2, -0.15) is 0 Å². The van der Waals surface area contributed by atoms with Gasteiger partial charge in [0.2, 0.25) is 0 Å². The minimum atomic E-state index is -0.325. The maximum absolute atomic E-state index is 6.29. The van der Waals surface area contributed by atoms with Gasteiger partial charge in [0.25, 0.3) is 0 Å². The molecule has 1 unspecified atom stereocenters. The van der Waals surface area contributed by atoms with Gasteiger partial charge in [0.05, 0.1) is 31.7 Å². The number of unbranched alkanes of at least 4 members (excludes halogenated alkanes) is 2. The third-order valence-electron chi connectivity index (χ3n) is 5.15. The summed E-state index contributed by atoms with van der Waals surface area (Å²) < 4.78 is 17.8. The highest BCUT2D eigenvalue weighted by atomic mass is 16.7. The quantitative estimate of drug-likeness (QED) is 0.760. The predicted molar refractivity (Wildman–Crippen MR) is 94.4 cm³/mol. The average Bonchev–Trinajstić information content (AvgIpc) is 3.01. The SMILES string of the molecule is CCCCCC1COC2(CCC(Nc3cnccc3OC)CC2)O1. The Morgan fingerprint density at radius 3 is 2.92 bits per heavy atom. The first-order chi connectivity index (χ1) is 11.7. The number of rotatable bonds is 7. The van der Waals surface area contributed by atoms with E-state index in [9.17, 15) is 0 Å². The lowest BCUT2D eigenvalue weighted by Gasteiger charge is -2.36. The van der Waals surface area contributed by atoms with Gasteiger partial charge >= 0.3 is 0 Å². The number of aromatic nitrogens is 1. The zero-order chi connectivity index (χ0) is 16.8. The molecule has 5 heteroatoms. The van der Waals surface area contributed by atoms with E-state index in [1.165, 1.54) is 19.3 Å². The van der Waals surface area contributed by atoms with Crippen molar-refractivity contribution in [3.05, 3.63) is 18.5 Å². The van der Waals surface area contributed by atoms with Crippen molar-refractivity contribution in [2.45, 2.75) is 76.2 Å². The first-order valence-corrected chi connectivity index (χ1v) is 9.31. The van der Waals surface area contributed by atoms with Gasteiger partial charge in [0.15, 0.2) is 5.79 Å². The van der Waals surface area contributed by atoms with E-state index in [2.05, 4.69) is 17.2 Å². The van der Waals surface area contributed by atoms with Crippen molar-refractivity contribution in [3.63, 3.8) is 0 Å². The molecule has 1 spiro atoms. The van der Waals surface area contributed by atoms with Crippen molar-refractivity contribution >= 4 is 5.69 Å². The van der Waals surface area contributed by atoms with Crippen molar-refractivity contribution in [2.24, 2.45) is 0 Å². The van der Waals surface area contributed by atoms with E-state index in [0.29, 0.717) is 12.1 Å². The van der Waals surface area contributed by atoms with Crippen LogP contribution in [0.3, 0.4) is 0 Å². The second kappa shape index (κ2) is 8.17. The second-order valence-electron chi connectivity index (χ2n) is 6.95. The minimum Gasteiger partial charge on any atom is -0.494 e. The zero-order valence-electron chi connectivity index (χ0n) is 14.9. The summed E-state index contributed by atoms with van der Waals surface area (Å²) in [5.41, 5.74) is 0.964. The van der Waals surface area contributed by atoms with Crippen LogP contribution in [-0.2, 0) is 9.47 Å². The second-order valence-corrected chi connectivity index (χ2v) is 6.95. The van der Waals surface area contributed by atoms with Crippen LogP contribution in [0.1, 0.15) is 58.3 Å². The van der Waals surface area contributed by atoms with Crippen LogP contribution in [0, 0.1) is 0 Å². The summed E-state index contributed by atoms with van der Waals surface area (Å²) in [7, 11) is 1.69. The van der Waals surface area contributed by atoms with Gasteiger partial charge in [-0.1, -0.05) is 26.2 Å². The van der Waals surface area contributed by atoms with E-state index < -0.39 is 0 Å². The Bertz CT molecular complexity index is 515. The van der Waals surface area contributed by atoms with Gasteiger partial charge in [-0.3, -0.25) is 4.98 Å². The summed E-state index contributed by atoms with van der Waals surface area (Å²) >= 11 is 0. The van der Waals surface area contributed by atoms with Gasteiger partial charge in [0.1, 0.15) is 5.75 Å². The molecule has 3 rings (SSSR count). The fourth-order valence-electron chi connectivity index (χ4n) is 3.73. The van der Waals surface area contributed by atoms with E-state index in [0.717, 1.165) is 50.1 Å². The molecule has 2 fully saturated rings. The van der Waals surface area contributed by atoms with Crippen LogP contribution in [0.4, 0.5) is 5.69 Å². The Morgan fingerprint density at radius 1 is 1.33 bits per heavy atom. The summed E-state index contributed by atoms with van der Waals surface area (Å²) in [6.07, 6.45) is 12.8. The summed E-state index contributed by atoms with van der Waals surface area (Å²) in [6.45, 7) is 3.00. The van der Waals surface area contributed by atoms with Crippen LogP contribution < -0.4 is 10.1 Å². The average molecular weight is 334 g/mol. The molecule has 24 heavy (non-hydrogen) atoms. The lowest BCUT2D eigenvalue weighted by molar-refractivity contribution is -0.188. The van der Waals surface area contributed by atoms with Crippen LogP contribution in [0.2, 0.25) is 0 Å². The molecule has 1 N–H and O–H groups in total. The number of hydrogen-bond donors (Lipinski definition) is 1. The predicted octanol–water partition coefficient (Wildman–Crippen LogP) is 4.14. The monoisotopic (exact) mass is 334 g/mol. The number of nitrogens with one attached hydrogen (secondary N) is 1. The third kappa shape index (κ3) is 4.19. The number of hydrogen-bond acceptors (Lipinski definition) is 5. The molecule has 5 nitrogen and oxygen atoms in total. The van der Waals surface area contributed by atoms with Crippen LogP contribution in [0.25, 0.3) is 0 Å². The smallest absolute Gasteiger partial charge is 0.169 e. The maximum atomic E-state index is 6.29. The van der Waals surface area contributed by atoms with Crippen molar-refractivity contribution in [3.8, 4) is 5.75 Å². The minimum absolute atomic E-state index is 0.291. The topological polar surface area (TPSA) is 52.6 Å². The van der Waals surface area contributed by atoms with Gasteiger partial charge < -0.3 is 19.5 Å². The Balaban J connectivity index is 1.47. The maximum Gasteiger partial charge on any atom is 0.169 e. The molecule has 0 bridgehead atoms. The summed E-state index contributed by atoms with van der Waals surface area (Å²) in [5, 5.41) is 3.56. The van der Waals surface area contributed by atoms with Crippen LogP contribution >= 0.6 is 0 Å². The molecule has 0 amide bonds. The van der Waals surface area contributed by atoms with Crippen molar-refractivity contribution in [2.75, 3.05) is 19.0 Å². The fraction of sp³-hybridized carbons (Fsp3) is 0.737. The van der Waals surface area contributed by atoms with E-state index in [4.69, 9.17) is 14.2 Å². The summed E-state index contributed by atoms with van der Waals surface area (Å²) in [6, 6.07) is 2.30. The lowest BCUT2D eigenvalue weighted by Crippen LogP contribution is -2.39.